The van der Waals surface area contributed by atoms with Crippen LogP contribution in [0.1, 0.15) is 11.1 Å². The summed E-state index contributed by atoms with van der Waals surface area (Å²) in [5.74, 6) is -0.923. The van der Waals surface area contributed by atoms with Crippen LogP contribution in [0.5, 0.6) is 0 Å². The van der Waals surface area contributed by atoms with E-state index in [1.54, 1.807) is 18.2 Å². The Balaban J connectivity index is 2.46. The Kier molecular flexibility index (Phi) is 4.66. The Morgan fingerprint density at radius 1 is 1.10 bits per heavy atom. The summed E-state index contributed by atoms with van der Waals surface area (Å²) in [7, 11) is -3.62. The molecule has 0 heterocycles. The van der Waals surface area contributed by atoms with Crippen molar-refractivity contribution in [3.8, 4) is 0 Å². The van der Waals surface area contributed by atoms with Crippen LogP contribution < -0.4 is 0 Å². The monoisotopic (exact) mass is 420 g/mol. The average molecular weight is 422 g/mol. The highest BCUT2D eigenvalue weighted by atomic mass is 79.9. The number of sulfone groups is 1. The van der Waals surface area contributed by atoms with Crippen molar-refractivity contribution in [2.45, 2.75) is 17.6 Å². The van der Waals surface area contributed by atoms with E-state index in [0.717, 1.165) is 5.56 Å². The minimum Gasteiger partial charge on any atom is -0.223 e. The van der Waals surface area contributed by atoms with Gasteiger partial charge in [0.25, 0.3) is 0 Å². The first-order valence-electron chi connectivity index (χ1n) is 5.73. The first-order valence-corrected chi connectivity index (χ1v) is 8.97. The average Bonchev–Trinajstić information content (AvgIpc) is 2.33. The molecule has 0 N–H and O–H groups in total. The zero-order valence-electron chi connectivity index (χ0n) is 10.5. The van der Waals surface area contributed by atoms with Crippen molar-refractivity contribution in [2.24, 2.45) is 0 Å². The van der Waals surface area contributed by atoms with Crippen LogP contribution in [-0.4, -0.2) is 8.42 Å². The van der Waals surface area contributed by atoms with Gasteiger partial charge in [0, 0.05) is 14.5 Å². The van der Waals surface area contributed by atoms with E-state index in [9.17, 15) is 12.8 Å². The van der Waals surface area contributed by atoms with Crippen molar-refractivity contribution in [1.29, 1.82) is 0 Å². The summed E-state index contributed by atoms with van der Waals surface area (Å²) >= 11 is 6.43. The van der Waals surface area contributed by atoms with Gasteiger partial charge >= 0.3 is 0 Å². The third-order valence-electron chi connectivity index (χ3n) is 2.82. The zero-order valence-corrected chi connectivity index (χ0v) is 14.5. The molecule has 0 fully saturated rings. The molecule has 2 nitrogen and oxygen atoms in total. The third-order valence-corrected chi connectivity index (χ3v) is 6.17. The predicted octanol–water partition coefficient (Wildman–Crippen LogP) is 4.63. The second-order valence-corrected chi connectivity index (χ2v) is 8.06. The van der Waals surface area contributed by atoms with Gasteiger partial charge < -0.3 is 0 Å². The highest BCUT2D eigenvalue weighted by molar-refractivity contribution is 9.10. The molecule has 0 saturated heterocycles. The van der Waals surface area contributed by atoms with E-state index in [1.165, 1.54) is 18.2 Å². The number of hydrogen-bond acceptors (Lipinski definition) is 2. The SMILES string of the molecule is Cc1ccc(S(=O)(=O)Cc2c(F)cccc2Br)c(Br)c1. The van der Waals surface area contributed by atoms with Crippen LogP contribution in [0.15, 0.2) is 50.2 Å². The molecule has 6 heteroatoms. The van der Waals surface area contributed by atoms with Gasteiger partial charge in [-0.15, -0.1) is 0 Å². The largest absolute Gasteiger partial charge is 0.223 e. The molecule has 0 atom stereocenters. The molecular weight excluding hydrogens is 411 g/mol. The highest BCUT2D eigenvalue weighted by Crippen LogP contribution is 2.29. The summed E-state index contributed by atoms with van der Waals surface area (Å²) in [6.45, 7) is 1.87. The molecule has 106 valence electrons. The minimum absolute atomic E-state index is 0.139. The second-order valence-electron chi connectivity index (χ2n) is 4.39. The number of rotatable bonds is 3. The summed E-state index contributed by atoms with van der Waals surface area (Å²) in [6.07, 6.45) is 0. The highest BCUT2D eigenvalue weighted by Gasteiger charge is 2.21. The fraction of sp³-hybridized carbons (Fsp3) is 0.143. The third kappa shape index (κ3) is 3.30. The van der Waals surface area contributed by atoms with E-state index in [0.29, 0.717) is 8.95 Å². The maximum absolute atomic E-state index is 13.8. The van der Waals surface area contributed by atoms with Gasteiger partial charge in [-0.25, -0.2) is 12.8 Å². The van der Waals surface area contributed by atoms with Crippen LogP contribution in [0.2, 0.25) is 0 Å². The molecule has 0 aromatic heterocycles. The number of benzene rings is 2. The first kappa shape index (κ1) is 15.7. The van der Waals surface area contributed by atoms with Gasteiger partial charge in [0.05, 0.1) is 10.6 Å². The van der Waals surface area contributed by atoms with Crippen LogP contribution in [0.3, 0.4) is 0 Å². The Bertz CT molecular complexity index is 738. The van der Waals surface area contributed by atoms with Crippen molar-refractivity contribution in [1.82, 2.24) is 0 Å². The summed E-state index contributed by atoms with van der Waals surface area (Å²) in [4.78, 5) is 0.165. The van der Waals surface area contributed by atoms with Crippen molar-refractivity contribution in [2.75, 3.05) is 0 Å². The summed E-state index contributed by atoms with van der Waals surface area (Å²) in [5.41, 5.74) is 1.09. The number of hydrogen-bond donors (Lipinski definition) is 0. The molecule has 0 bridgehead atoms. The van der Waals surface area contributed by atoms with E-state index in [1.807, 2.05) is 6.92 Å². The van der Waals surface area contributed by atoms with Crippen LogP contribution in [0.25, 0.3) is 0 Å². The van der Waals surface area contributed by atoms with Gasteiger partial charge in [0.15, 0.2) is 9.84 Å². The van der Waals surface area contributed by atoms with Gasteiger partial charge in [0.2, 0.25) is 0 Å². The Hall–Kier alpha value is -0.720. The maximum atomic E-state index is 13.8. The summed E-state index contributed by atoms with van der Waals surface area (Å²) in [6, 6.07) is 9.37. The lowest BCUT2D eigenvalue weighted by atomic mass is 10.2. The van der Waals surface area contributed by atoms with E-state index >= 15 is 0 Å². The van der Waals surface area contributed by atoms with Crippen molar-refractivity contribution in [3.63, 3.8) is 0 Å². The Labute approximate surface area is 134 Å². The van der Waals surface area contributed by atoms with Gasteiger partial charge in [0.1, 0.15) is 5.82 Å². The molecule has 2 rings (SSSR count). The van der Waals surface area contributed by atoms with Gasteiger partial charge in [-0.2, -0.15) is 0 Å². The van der Waals surface area contributed by atoms with Crippen molar-refractivity contribution < 1.29 is 12.8 Å². The lowest BCUT2D eigenvalue weighted by Crippen LogP contribution is -2.08. The molecule has 0 amide bonds. The normalized spacial score (nSPS) is 11.6. The van der Waals surface area contributed by atoms with E-state index < -0.39 is 15.7 Å². The topological polar surface area (TPSA) is 34.1 Å². The molecule has 0 aliphatic heterocycles. The number of aryl methyl sites for hydroxylation is 1. The molecule has 0 aliphatic rings. The Morgan fingerprint density at radius 3 is 2.40 bits per heavy atom. The van der Waals surface area contributed by atoms with Gasteiger partial charge in [-0.1, -0.05) is 28.1 Å². The van der Waals surface area contributed by atoms with Crippen LogP contribution in [0.4, 0.5) is 4.39 Å². The Morgan fingerprint density at radius 2 is 1.80 bits per heavy atom. The van der Waals surface area contributed by atoms with Crippen LogP contribution in [0, 0.1) is 12.7 Å². The smallest absolute Gasteiger partial charge is 0.183 e. The predicted molar refractivity (Wildman–Crippen MR) is 83.9 cm³/mol. The standard InChI is InChI=1S/C14H11Br2FO2S/c1-9-5-6-14(12(16)7-9)20(18,19)8-10-11(15)3-2-4-13(10)17/h2-7H,8H2,1H3. The molecule has 20 heavy (non-hydrogen) atoms. The fourth-order valence-electron chi connectivity index (χ4n) is 1.80. The van der Waals surface area contributed by atoms with E-state index in [2.05, 4.69) is 31.9 Å². The van der Waals surface area contributed by atoms with Gasteiger partial charge in [-0.05, 0) is 52.7 Å². The first-order chi connectivity index (χ1) is 9.31. The maximum Gasteiger partial charge on any atom is 0.183 e. The quantitative estimate of drug-likeness (QED) is 0.723. The molecule has 0 saturated carbocycles. The van der Waals surface area contributed by atoms with Crippen molar-refractivity contribution in [3.05, 3.63) is 62.3 Å². The molecule has 0 spiro atoms. The molecule has 0 unspecified atom stereocenters. The second kappa shape index (κ2) is 5.95. The fourth-order valence-corrected chi connectivity index (χ4v) is 5.16. The minimum atomic E-state index is -3.62. The van der Waals surface area contributed by atoms with Crippen LogP contribution >= 0.6 is 31.9 Å². The molecule has 0 aliphatic carbocycles. The van der Waals surface area contributed by atoms with E-state index in [4.69, 9.17) is 0 Å². The summed E-state index contributed by atoms with van der Waals surface area (Å²) in [5, 5.41) is 0. The molecule has 2 aromatic carbocycles. The van der Waals surface area contributed by atoms with E-state index in [-0.39, 0.29) is 16.2 Å². The molecule has 2 aromatic rings. The number of halogens is 3. The van der Waals surface area contributed by atoms with Crippen LogP contribution in [-0.2, 0) is 15.6 Å². The van der Waals surface area contributed by atoms with Gasteiger partial charge in [-0.3, -0.25) is 0 Å². The lowest BCUT2D eigenvalue weighted by Gasteiger charge is -2.09. The van der Waals surface area contributed by atoms with Crippen molar-refractivity contribution >= 4 is 41.7 Å². The molecular formula is C14H11Br2FO2S. The molecule has 0 radical (unpaired) electrons. The summed E-state index contributed by atoms with van der Waals surface area (Å²) < 4.78 is 39.5. The lowest BCUT2D eigenvalue weighted by molar-refractivity contribution is 0.586. The zero-order chi connectivity index (χ0) is 14.9.